The summed E-state index contributed by atoms with van der Waals surface area (Å²) in [6.07, 6.45) is 3.49. The van der Waals surface area contributed by atoms with Gasteiger partial charge in [0.05, 0.1) is 0 Å². The van der Waals surface area contributed by atoms with Crippen molar-refractivity contribution in [3.05, 3.63) is 11.7 Å². The number of nitrogens with one attached hydrogen (secondary N) is 1. The lowest BCUT2D eigenvalue weighted by molar-refractivity contribution is 0.0256. The Kier molecular flexibility index (Phi) is 5.98. The van der Waals surface area contributed by atoms with E-state index in [0.717, 1.165) is 45.3 Å². The summed E-state index contributed by atoms with van der Waals surface area (Å²) in [5.74, 6) is 1.33. The molecule has 0 radical (unpaired) electrons. The summed E-state index contributed by atoms with van der Waals surface area (Å²) in [4.78, 5) is 18.1. The maximum atomic E-state index is 12.1. The first-order chi connectivity index (χ1) is 10.8. The second-order valence-corrected chi connectivity index (χ2v) is 7.03. The summed E-state index contributed by atoms with van der Waals surface area (Å²) in [6.45, 7) is 9.79. The van der Waals surface area contributed by atoms with Crippen LogP contribution >= 0.6 is 0 Å². The van der Waals surface area contributed by atoms with Crippen LogP contribution in [0.4, 0.5) is 4.79 Å². The number of rotatable bonds is 4. The molecule has 0 aliphatic carbocycles. The number of carbonyl (C=O) groups is 1. The molecule has 2 rings (SSSR count). The molecule has 1 aromatic heterocycles. The maximum Gasteiger partial charge on any atom is 0.410 e. The summed E-state index contributed by atoms with van der Waals surface area (Å²) < 4.78 is 10.6. The predicted molar refractivity (Wildman–Crippen MR) is 86.2 cm³/mol. The minimum absolute atomic E-state index is 0.209. The zero-order valence-corrected chi connectivity index (χ0v) is 14.6. The number of aryl methyl sites for hydroxylation is 1. The summed E-state index contributed by atoms with van der Waals surface area (Å²) in [7, 11) is 0. The van der Waals surface area contributed by atoms with E-state index in [1.807, 2.05) is 32.6 Å². The number of hydrogen-bond donors (Lipinski definition) is 1. The Balaban J connectivity index is 1.72. The molecule has 0 spiro atoms. The van der Waals surface area contributed by atoms with Crippen LogP contribution in [0.25, 0.3) is 0 Å². The number of nitrogens with zero attached hydrogens (tertiary/aromatic N) is 3. The van der Waals surface area contributed by atoms with Crippen molar-refractivity contribution in [1.29, 1.82) is 0 Å². The number of carbonyl (C=O) groups excluding carboxylic acids is 1. The highest BCUT2D eigenvalue weighted by atomic mass is 16.6. The van der Waals surface area contributed by atoms with Gasteiger partial charge in [-0.3, -0.25) is 0 Å². The first-order valence-electron chi connectivity index (χ1n) is 8.34. The molecular weight excluding hydrogens is 296 g/mol. The molecule has 1 amide bonds. The third-order valence-electron chi connectivity index (χ3n) is 3.72. The van der Waals surface area contributed by atoms with Crippen molar-refractivity contribution in [2.24, 2.45) is 0 Å². The Morgan fingerprint density at radius 2 is 2.17 bits per heavy atom. The Hall–Kier alpha value is -1.63. The summed E-state index contributed by atoms with van der Waals surface area (Å²) >= 11 is 0. The normalized spacial score (nSPS) is 19.5. The topological polar surface area (TPSA) is 80.5 Å². The van der Waals surface area contributed by atoms with E-state index in [4.69, 9.17) is 9.26 Å². The monoisotopic (exact) mass is 324 g/mol. The fourth-order valence-electron chi connectivity index (χ4n) is 2.63. The SMILES string of the molecule is Cc1noc(CCNC2CCCN(C(=O)OC(C)(C)C)CC2)n1. The van der Waals surface area contributed by atoms with Crippen molar-refractivity contribution in [2.45, 2.75) is 65.0 Å². The Morgan fingerprint density at radius 1 is 1.39 bits per heavy atom. The van der Waals surface area contributed by atoms with E-state index >= 15 is 0 Å². The molecule has 7 nitrogen and oxygen atoms in total. The number of hydrogen-bond acceptors (Lipinski definition) is 6. The fourth-order valence-corrected chi connectivity index (χ4v) is 2.63. The smallest absolute Gasteiger partial charge is 0.410 e. The molecule has 1 saturated heterocycles. The van der Waals surface area contributed by atoms with Gasteiger partial charge in [-0.15, -0.1) is 0 Å². The van der Waals surface area contributed by atoms with E-state index < -0.39 is 5.60 Å². The van der Waals surface area contributed by atoms with Crippen molar-refractivity contribution in [2.75, 3.05) is 19.6 Å². The number of aromatic nitrogens is 2. The molecule has 1 atom stereocenters. The third kappa shape index (κ3) is 6.17. The number of ether oxygens (including phenoxy) is 1. The van der Waals surface area contributed by atoms with E-state index in [9.17, 15) is 4.79 Å². The molecule has 1 aliphatic rings. The van der Waals surface area contributed by atoms with E-state index in [0.29, 0.717) is 17.8 Å². The van der Waals surface area contributed by atoms with Crippen LogP contribution in [0.15, 0.2) is 4.52 Å². The van der Waals surface area contributed by atoms with Gasteiger partial charge in [-0.25, -0.2) is 4.79 Å². The molecule has 2 heterocycles. The van der Waals surface area contributed by atoms with Gasteiger partial charge in [-0.05, 0) is 47.0 Å². The average Bonchev–Trinajstić information content (AvgIpc) is 2.71. The van der Waals surface area contributed by atoms with Crippen LogP contribution in [-0.4, -0.2) is 52.4 Å². The number of amides is 1. The zero-order valence-electron chi connectivity index (χ0n) is 14.6. The van der Waals surface area contributed by atoms with Gasteiger partial charge in [0.2, 0.25) is 5.89 Å². The molecule has 0 bridgehead atoms. The fraction of sp³-hybridized carbons (Fsp3) is 0.812. The standard InChI is InChI=1S/C16H28N4O3/c1-12-18-14(23-19-12)7-9-17-13-6-5-10-20(11-8-13)15(21)22-16(2,3)4/h13,17H,5-11H2,1-4H3. The van der Waals surface area contributed by atoms with Crippen LogP contribution in [0.3, 0.4) is 0 Å². The molecule has 0 aromatic carbocycles. The third-order valence-corrected chi connectivity index (χ3v) is 3.72. The predicted octanol–water partition coefficient (Wildman–Crippen LogP) is 2.30. The zero-order chi connectivity index (χ0) is 16.9. The van der Waals surface area contributed by atoms with E-state index in [-0.39, 0.29) is 6.09 Å². The molecule has 1 unspecified atom stereocenters. The van der Waals surface area contributed by atoms with Gasteiger partial charge in [-0.2, -0.15) is 4.98 Å². The van der Waals surface area contributed by atoms with Crippen molar-refractivity contribution in [3.8, 4) is 0 Å². The molecule has 7 heteroatoms. The molecule has 1 aliphatic heterocycles. The van der Waals surface area contributed by atoms with Gasteiger partial charge >= 0.3 is 6.09 Å². The van der Waals surface area contributed by atoms with Gasteiger partial charge in [0.15, 0.2) is 5.82 Å². The molecule has 1 N–H and O–H groups in total. The molecule has 23 heavy (non-hydrogen) atoms. The van der Waals surface area contributed by atoms with Gasteiger partial charge < -0.3 is 19.5 Å². The largest absolute Gasteiger partial charge is 0.444 e. The second-order valence-electron chi connectivity index (χ2n) is 7.03. The van der Waals surface area contributed by atoms with Gasteiger partial charge in [0, 0.05) is 32.1 Å². The second kappa shape index (κ2) is 7.77. The Bertz CT molecular complexity index is 510. The number of likely N-dealkylation sites (tertiary alicyclic amines) is 1. The van der Waals surface area contributed by atoms with Crippen molar-refractivity contribution in [3.63, 3.8) is 0 Å². The molecule has 1 aromatic rings. The van der Waals surface area contributed by atoms with E-state index in [1.165, 1.54) is 0 Å². The quantitative estimate of drug-likeness (QED) is 0.915. The molecule has 130 valence electrons. The van der Waals surface area contributed by atoms with Gasteiger partial charge in [0.25, 0.3) is 0 Å². The van der Waals surface area contributed by atoms with Crippen molar-refractivity contribution >= 4 is 6.09 Å². The lowest BCUT2D eigenvalue weighted by Crippen LogP contribution is -2.38. The van der Waals surface area contributed by atoms with E-state index in [2.05, 4.69) is 15.5 Å². The molecule has 1 fully saturated rings. The molecular formula is C16H28N4O3. The Labute approximate surface area is 137 Å². The first kappa shape index (κ1) is 17.7. The maximum absolute atomic E-state index is 12.1. The van der Waals surface area contributed by atoms with Crippen molar-refractivity contribution < 1.29 is 14.1 Å². The average molecular weight is 324 g/mol. The highest BCUT2D eigenvalue weighted by Crippen LogP contribution is 2.15. The summed E-state index contributed by atoms with van der Waals surface area (Å²) in [6, 6.07) is 0.409. The summed E-state index contributed by atoms with van der Waals surface area (Å²) in [5, 5.41) is 7.30. The first-order valence-corrected chi connectivity index (χ1v) is 8.34. The minimum atomic E-state index is -0.441. The lowest BCUT2D eigenvalue weighted by Gasteiger charge is -2.26. The van der Waals surface area contributed by atoms with Crippen LogP contribution in [0.2, 0.25) is 0 Å². The van der Waals surface area contributed by atoms with Crippen molar-refractivity contribution in [1.82, 2.24) is 20.4 Å². The van der Waals surface area contributed by atoms with Crippen LogP contribution in [0.1, 0.15) is 51.7 Å². The highest BCUT2D eigenvalue weighted by Gasteiger charge is 2.25. The van der Waals surface area contributed by atoms with Crippen LogP contribution in [0, 0.1) is 6.92 Å². The summed E-state index contributed by atoms with van der Waals surface area (Å²) in [5.41, 5.74) is -0.441. The van der Waals surface area contributed by atoms with Crippen LogP contribution in [-0.2, 0) is 11.2 Å². The van der Waals surface area contributed by atoms with Gasteiger partial charge in [-0.1, -0.05) is 5.16 Å². The van der Waals surface area contributed by atoms with E-state index in [1.54, 1.807) is 0 Å². The van der Waals surface area contributed by atoms with Gasteiger partial charge in [0.1, 0.15) is 5.60 Å². The Morgan fingerprint density at radius 3 is 2.83 bits per heavy atom. The highest BCUT2D eigenvalue weighted by molar-refractivity contribution is 5.68. The molecule has 0 saturated carbocycles. The minimum Gasteiger partial charge on any atom is -0.444 e. The lowest BCUT2D eigenvalue weighted by atomic mass is 10.1. The van der Waals surface area contributed by atoms with Crippen LogP contribution in [0.5, 0.6) is 0 Å². The van der Waals surface area contributed by atoms with Crippen LogP contribution < -0.4 is 5.32 Å².